The van der Waals surface area contributed by atoms with Crippen molar-refractivity contribution >= 4 is 11.9 Å². The summed E-state index contributed by atoms with van der Waals surface area (Å²) in [4.78, 5) is 26.2. The largest absolute Gasteiger partial charge is 0.462 e. The van der Waals surface area contributed by atoms with Gasteiger partial charge in [-0.15, -0.1) is 0 Å². The van der Waals surface area contributed by atoms with Crippen LogP contribution in [0.3, 0.4) is 0 Å². The third-order valence-electron chi connectivity index (χ3n) is 12.6. The maximum Gasteiger partial charge on any atom is 0.306 e. The van der Waals surface area contributed by atoms with Gasteiger partial charge in [-0.25, -0.2) is 0 Å². The predicted molar refractivity (Wildman–Crippen MR) is 282 cm³/mol. The van der Waals surface area contributed by atoms with Crippen LogP contribution < -0.4 is 5.32 Å². The van der Waals surface area contributed by atoms with E-state index in [1.54, 1.807) is 0 Å². The number of allylic oxidation sites excluding steroid dienone is 10. The van der Waals surface area contributed by atoms with E-state index < -0.39 is 18.2 Å². The first-order chi connectivity index (χ1) is 32.0. The molecule has 0 heterocycles. The average molecular weight is 911 g/mol. The van der Waals surface area contributed by atoms with Gasteiger partial charge in [0.25, 0.3) is 0 Å². The molecule has 0 aromatic heterocycles. The fourth-order valence-electron chi connectivity index (χ4n) is 8.40. The summed E-state index contributed by atoms with van der Waals surface area (Å²) in [5, 5.41) is 23.9. The van der Waals surface area contributed by atoms with E-state index in [9.17, 15) is 19.8 Å². The zero-order valence-electron chi connectivity index (χ0n) is 43.1. The monoisotopic (exact) mass is 910 g/mol. The number of amides is 1. The highest BCUT2D eigenvalue weighted by molar-refractivity contribution is 5.77. The quantitative estimate of drug-likeness (QED) is 0.0245. The SMILES string of the molecule is CC/C=C/C=C/C=C/CCCCCCCC(CC(=O)NC(CO)C(O)CCCCCCCCCCCCCCCCCC)OC(=O)CCCCCCCCC/C=C\C/C=C\CCCCC. The highest BCUT2D eigenvalue weighted by atomic mass is 16.5. The second kappa shape index (κ2) is 52.5. The van der Waals surface area contributed by atoms with Gasteiger partial charge in [-0.1, -0.05) is 248 Å². The van der Waals surface area contributed by atoms with Gasteiger partial charge in [0.2, 0.25) is 5.91 Å². The molecule has 1 amide bonds. The molecule has 378 valence electrons. The number of unbranched alkanes of at least 4 members (excludes halogenated alkanes) is 30. The molecule has 0 aliphatic carbocycles. The molecule has 3 unspecified atom stereocenters. The third kappa shape index (κ3) is 47.8. The smallest absolute Gasteiger partial charge is 0.306 e. The summed E-state index contributed by atoms with van der Waals surface area (Å²) in [6.45, 7) is 6.34. The zero-order valence-corrected chi connectivity index (χ0v) is 43.1. The van der Waals surface area contributed by atoms with Crippen LogP contribution in [0.1, 0.15) is 278 Å². The van der Waals surface area contributed by atoms with Crippen molar-refractivity contribution in [2.45, 2.75) is 296 Å². The zero-order chi connectivity index (χ0) is 47.4. The van der Waals surface area contributed by atoms with Gasteiger partial charge >= 0.3 is 5.97 Å². The van der Waals surface area contributed by atoms with Gasteiger partial charge in [0.1, 0.15) is 6.10 Å². The maximum atomic E-state index is 13.2. The number of hydrogen-bond donors (Lipinski definition) is 3. The molecule has 0 fully saturated rings. The standard InChI is InChI=1S/C59H107NO5/c1-4-7-10-13-16-19-22-25-27-29-31-34-37-40-43-46-49-52-59(64)65-55(50-47-44-41-38-35-32-24-21-18-15-12-9-6-3)53-58(63)60-56(54-61)57(62)51-48-45-42-39-36-33-30-28-26-23-20-17-14-11-8-5-2/h9,12,15-16,18-19,21,24-25,27,55-57,61-62H,4-8,10-11,13-14,17,20,22-23,26,28-54H2,1-3H3,(H,60,63)/b12-9+,18-15+,19-16-,24-21+,27-25-. The summed E-state index contributed by atoms with van der Waals surface area (Å²) in [7, 11) is 0. The molecule has 0 rings (SSSR count). The van der Waals surface area contributed by atoms with Crippen molar-refractivity contribution in [1.29, 1.82) is 0 Å². The summed E-state index contributed by atoms with van der Waals surface area (Å²) >= 11 is 0. The molecular weight excluding hydrogens is 803 g/mol. The number of hydrogen-bond acceptors (Lipinski definition) is 5. The van der Waals surface area contributed by atoms with E-state index in [1.165, 1.54) is 135 Å². The van der Waals surface area contributed by atoms with E-state index in [-0.39, 0.29) is 24.9 Å². The van der Waals surface area contributed by atoms with Crippen molar-refractivity contribution in [3.05, 3.63) is 60.8 Å². The van der Waals surface area contributed by atoms with Crippen LogP contribution in [-0.4, -0.2) is 46.9 Å². The number of carbonyl (C=O) groups excluding carboxylic acids is 2. The minimum Gasteiger partial charge on any atom is -0.462 e. The molecule has 0 bridgehead atoms. The molecule has 0 radical (unpaired) electrons. The first kappa shape index (κ1) is 62.6. The van der Waals surface area contributed by atoms with Gasteiger partial charge in [0, 0.05) is 6.42 Å². The van der Waals surface area contributed by atoms with E-state index in [2.05, 4.69) is 86.8 Å². The molecule has 0 aliphatic rings. The highest BCUT2D eigenvalue weighted by Crippen LogP contribution is 2.18. The topological polar surface area (TPSA) is 95.9 Å². The van der Waals surface area contributed by atoms with Crippen LogP contribution in [0.4, 0.5) is 0 Å². The Morgan fingerprint density at radius 1 is 0.477 bits per heavy atom. The lowest BCUT2D eigenvalue weighted by Crippen LogP contribution is -2.46. The molecule has 0 aliphatic heterocycles. The molecular formula is C59H107NO5. The van der Waals surface area contributed by atoms with Crippen molar-refractivity contribution in [3.63, 3.8) is 0 Å². The van der Waals surface area contributed by atoms with Crippen molar-refractivity contribution in [2.24, 2.45) is 0 Å². The van der Waals surface area contributed by atoms with Crippen LogP contribution in [0, 0.1) is 0 Å². The number of aliphatic hydroxyl groups excluding tert-OH is 2. The van der Waals surface area contributed by atoms with Gasteiger partial charge < -0.3 is 20.3 Å². The van der Waals surface area contributed by atoms with Crippen molar-refractivity contribution < 1.29 is 24.5 Å². The highest BCUT2D eigenvalue weighted by Gasteiger charge is 2.24. The van der Waals surface area contributed by atoms with Crippen LogP contribution in [-0.2, 0) is 14.3 Å². The van der Waals surface area contributed by atoms with Crippen LogP contribution >= 0.6 is 0 Å². The summed E-state index contributed by atoms with van der Waals surface area (Å²) in [6.07, 6.45) is 65.7. The molecule has 6 heteroatoms. The van der Waals surface area contributed by atoms with Crippen LogP contribution in [0.15, 0.2) is 60.8 Å². The Kier molecular flexibility index (Phi) is 50.6. The molecule has 65 heavy (non-hydrogen) atoms. The Hall–Kier alpha value is -2.44. The Labute approximate surface area is 403 Å². The Morgan fingerprint density at radius 2 is 0.892 bits per heavy atom. The number of esters is 1. The first-order valence-corrected chi connectivity index (χ1v) is 28.0. The molecule has 0 spiro atoms. The van der Waals surface area contributed by atoms with Gasteiger partial charge in [0.05, 0.1) is 25.2 Å². The summed E-state index contributed by atoms with van der Waals surface area (Å²) in [5.74, 6) is -0.498. The van der Waals surface area contributed by atoms with Crippen LogP contribution in [0.2, 0.25) is 0 Å². The first-order valence-electron chi connectivity index (χ1n) is 28.0. The van der Waals surface area contributed by atoms with E-state index in [0.717, 1.165) is 96.3 Å². The molecule has 0 saturated heterocycles. The molecule has 3 atom stereocenters. The van der Waals surface area contributed by atoms with Gasteiger partial charge in [-0.2, -0.15) is 0 Å². The lowest BCUT2D eigenvalue weighted by Gasteiger charge is -2.24. The van der Waals surface area contributed by atoms with E-state index in [1.807, 2.05) is 0 Å². The molecule has 6 nitrogen and oxygen atoms in total. The summed E-state index contributed by atoms with van der Waals surface area (Å²) in [5.41, 5.74) is 0. The molecule has 3 N–H and O–H groups in total. The number of ether oxygens (including phenoxy) is 1. The number of aliphatic hydroxyl groups is 2. The van der Waals surface area contributed by atoms with E-state index in [4.69, 9.17) is 4.74 Å². The maximum absolute atomic E-state index is 13.2. The molecule has 0 aromatic rings. The van der Waals surface area contributed by atoms with Crippen molar-refractivity contribution in [2.75, 3.05) is 6.61 Å². The van der Waals surface area contributed by atoms with Gasteiger partial charge in [-0.05, 0) is 77.0 Å². The second-order valence-electron chi connectivity index (χ2n) is 19.0. The minimum atomic E-state index is -0.797. The molecule has 0 aromatic carbocycles. The minimum absolute atomic E-state index is 0.0602. The van der Waals surface area contributed by atoms with E-state index in [0.29, 0.717) is 19.3 Å². The predicted octanol–water partition coefficient (Wildman–Crippen LogP) is 17.2. The van der Waals surface area contributed by atoms with Gasteiger partial charge in [0.15, 0.2) is 0 Å². The lowest BCUT2D eigenvalue weighted by molar-refractivity contribution is -0.151. The summed E-state index contributed by atoms with van der Waals surface area (Å²) < 4.78 is 5.94. The van der Waals surface area contributed by atoms with Crippen molar-refractivity contribution in [1.82, 2.24) is 5.32 Å². The fraction of sp³-hybridized carbons (Fsp3) is 0.797. The normalized spacial score (nSPS) is 13.6. The Morgan fingerprint density at radius 3 is 1.40 bits per heavy atom. The number of nitrogens with one attached hydrogen (secondary N) is 1. The summed E-state index contributed by atoms with van der Waals surface area (Å²) in [6, 6.07) is -0.712. The second-order valence-corrected chi connectivity index (χ2v) is 19.0. The number of carbonyl (C=O) groups is 2. The number of rotatable bonds is 50. The fourth-order valence-corrected chi connectivity index (χ4v) is 8.40. The Balaban J connectivity index is 4.55. The van der Waals surface area contributed by atoms with E-state index >= 15 is 0 Å². The van der Waals surface area contributed by atoms with Crippen molar-refractivity contribution in [3.8, 4) is 0 Å². The molecule has 0 saturated carbocycles. The Bertz CT molecular complexity index is 1160. The average Bonchev–Trinajstić information content (AvgIpc) is 3.30. The third-order valence-corrected chi connectivity index (χ3v) is 12.6. The van der Waals surface area contributed by atoms with Gasteiger partial charge in [-0.3, -0.25) is 9.59 Å². The lowest BCUT2D eigenvalue weighted by atomic mass is 10.0. The van der Waals surface area contributed by atoms with Crippen LogP contribution in [0.5, 0.6) is 0 Å². The van der Waals surface area contributed by atoms with Crippen LogP contribution in [0.25, 0.3) is 0 Å².